The van der Waals surface area contributed by atoms with Gasteiger partial charge in [0.2, 0.25) is 0 Å². The Morgan fingerprint density at radius 3 is 3.05 bits per heavy atom. The highest BCUT2D eigenvalue weighted by Gasteiger charge is 2.26. The van der Waals surface area contributed by atoms with Gasteiger partial charge in [-0.3, -0.25) is 4.79 Å². The highest BCUT2D eigenvalue weighted by molar-refractivity contribution is 7.18. The molecule has 0 bridgehead atoms. The second-order valence-corrected chi connectivity index (χ2v) is 6.33. The first-order valence-corrected chi connectivity index (χ1v) is 8.26. The first-order chi connectivity index (χ1) is 9.65. The molecule has 1 saturated heterocycles. The molecular formula is C14H24N4OS. The predicted octanol–water partition coefficient (Wildman–Crippen LogP) is 2.81. The molecule has 1 fully saturated rings. The van der Waals surface area contributed by atoms with Gasteiger partial charge in [-0.15, -0.1) is 0 Å². The minimum absolute atomic E-state index is 0.0442. The van der Waals surface area contributed by atoms with Crippen LogP contribution in [0.1, 0.15) is 49.2 Å². The van der Waals surface area contributed by atoms with E-state index in [-0.39, 0.29) is 5.91 Å². The largest absolute Gasteiger partial charge is 0.382 e. The molecule has 2 rings (SSSR count). The number of nitrogens with two attached hydrogens (primary N) is 1. The molecule has 112 valence electrons. The van der Waals surface area contributed by atoms with Gasteiger partial charge in [0, 0.05) is 19.6 Å². The summed E-state index contributed by atoms with van der Waals surface area (Å²) in [6.07, 6.45) is 4.46. The Morgan fingerprint density at radius 1 is 1.55 bits per heavy atom. The monoisotopic (exact) mass is 296 g/mol. The summed E-state index contributed by atoms with van der Waals surface area (Å²) < 4.78 is 0. The van der Waals surface area contributed by atoms with Crippen molar-refractivity contribution in [3.63, 3.8) is 0 Å². The number of likely N-dealkylation sites (tertiary alicyclic amines) is 1. The Hall–Kier alpha value is -1.30. The van der Waals surface area contributed by atoms with Crippen LogP contribution in [0.4, 0.5) is 10.9 Å². The average molecular weight is 296 g/mol. The number of anilines is 2. The molecule has 1 aromatic rings. The summed E-state index contributed by atoms with van der Waals surface area (Å²) >= 11 is 1.37. The van der Waals surface area contributed by atoms with Gasteiger partial charge in [0.1, 0.15) is 10.7 Å². The molecule has 6 heteroatoms. The van der Waals surface area contributed by atoms with E-state index in [1.54, 1.807) is 0 Å². The van der Waals surface area contributed by atoms with Crippen molar-refractivity contribution in [2.24, 2.45) is 5.92 Å². The fourth-order valence-corrected chi connectivity index (χ4v) is 3.40. The molecule has 2 heterocycles. The SMILES string of the molecule is CCCNc1nc(N)c(C(=O)N2CCCC(CC)C2)s1. The quantitative estimate of drug-likeness (QED) is 0.876. The molecule has 0 aliphatic carbocycles. The van der Waals surface area contributed by atoms with Crippen LogP contribution in [0.3, 0.4) is 0 Å². The van der Waals surface area contributed by atoms with Crippen molar-refractivity contribution in [2.45, 2.75) is 39.5 Å². The number of nitrogens with zero attached hydrogens (tertiary/aromatic N) is 2. The van der Waals surface area contributed by atoms with Crippen LogP contribution in [0, 0.1) is 5.92 Å². The maximum Gasteiger partial charge on any atom is 0.267 e. The van der Waals surface area contributed by atoms with E-state index in [1.807, 2.05) is 4.90 Å². The fourth-order valence-electron chi connectivity index (χ4n) is 2.52. The highest BCUT2D eigenvalue weighted by Crippen LogP contribution is 2.28. The summed E-state index contributed by atoms with van der Waals surface area (Å²) in [5.41, 5.74) is 5.90. The molecular weight excluding hydrogens is 272 g/mol. The molecule has 1 unspecified atom stereocenters. The lowest BCUT2D eigenvalue weighted by Crippen LogP contribution is -2.39. The van der Waals surface area contributed by atoms with Crippen molar-refractivity contribution in [3.8, 4) is 0 Å². The minimum atomic E-state index is 0.0442. The first-order valence-electron chi connectivity index (χ1n) is 7.45. The van der Waals surface area contributed by atoms with Gasteiger partial charge in [-0.2, -0.15) is 0 Å². The zero-order valence-electron chi connectivity index (χ0n) is 12.3. The minimum Gasteiger partial charge on any atom is -0.382 e. The van der Waals surface area contributed by atoms with Gasteiger partial charge in [-0.1, -0.05) is 31.6 Å². The second kappa shape index (κ2) is 6.92. The van der Waals surface area contributed by atoms with Crippen LogP contribution in [0.2, 0.25) is 0 Å². The van der Waals surface area contributed by atoms with Crippen LogP contribution in [-0.4, -0.2) is 35.4 Å². The highest BCUT2D eigenvalue weighted by atomic mass is 32.1. The van der Waals surface area contributed by atoms with Crippen LogP contribution < -0.4 is 11.1 Å². The topological polar surface area (TPSA) is 71.2 Å². The maximum absolute atomic E-state index is 12.6. The van der Waals surface area contributed by atoms with Crippen molar-refractivity contribution in [2.75, 3.05) is 30.7 Å². The van der Waals surface area contributed by atoms with Gasteiger partial charge in [0.15, 0.2) is 5.13 Å². The summed E-state index contributed by atoms with van der Waals surface area (Å²) in [5.74, 6) is 1.03. The lowest BCUT2D eigenvalue weighted by atomic mass is 9.95. The third-order valence-corrected chi connectivity index (χ3v) is 4.77. The Morgan fingerprint density at radius 2 is 2.35 bits per heavy atom. The second-order valence-electron chi connectivity index (χ2n) is 5.33. The number of nitrogens with one attached hydrogen (secondary N) is 1. The van der Waals surface area contributed by atoms with E-state index < -0.39 is 0 Å². The number of hydrogen-bond donors (Lipinski definition) is 2. The number of carbonyl (C=O) groups is 1. The van der Waals surface area contributed by atoms with Crippen molar-refractivity contribution in [1.82, 2.24) is 9.88 Å². The molecule has 0 saturated carbocycles. The smallest absolute Gasteiger partial charge is 0.267 e. The molecule has 1 aliphatic heterocycles. The molecule has 1 aromatic heterocycles. The van der Waals surface area contributed by atoms with Crippen LogP contribution in [0.15, 0.2) is 0 Å². The predicted molar refractivity (Wildman–Crippen MR) is 84.2 cm³/mol. The zero-order chi connectivity index (χ0) is 14.5. The van der Waals surface area contributed by atoms with Crippen molar-refractivity contribution >= 4 is 28.2 Å². The first kappa shape index (κ1) is 15.1. The lowest BCUT2D eigenvalue weighted by Gasteiger charge is -2.32. The Labute approximate surface area is 124 Å². The van der Waals surface area contributed by atoms with Gasteiger partial charge < -0.3 is 16.0 Å². The van der Waals surface area contributed by atoms with Crippen LogP contribution in [0.25, 0.3) is 0 Å². The zero-order valence-corrected chi connectivity index (χ0v) is 13.1. The standard InChI is InChI=1S/C14H24N4OS/c1-3-7-16-14-17-12(15)11(20-14)13(19)18-8-5-6-10(4-2)9-18/h10H,3-9,15H2,1-2H3,(H,16,17). The molecule has 1 amide bonds. The molecule has 0 spiro atoms. The van der Waals surface area contributed by atoms with Gasteiger partial charge in [0.25, 0.3) is 5.91 Å². The molecule has 1 atom stereocenters. The number of nitrogen functional groups attached to an aromatic ring is 1. The van der Waals surface area contributed by atoms with Crippen molar-refractivity contribution < 1.29 is 4.79 Å². The van der Waals surface area contributed by atoms with E-state index in [9.17, 15) is 4.79 Å². The van der Waals surface area contributed by atoms with Crippen LogP contribution >= 0.6 is 11.3 Å². The van der Waals surface area contributed by atoms with Gasteiger partial charge in [-0.05, 0) is 25.2 Å². The van der Waals surface area contributed by atoms with E-state index in [0.717, 1.165) is 44.0 Å². The maximum atomic E-state index is 12.6. The van der Waals surface area contributed by atoms with Gasteiger partial charge >= 0.3 is 0 Å². The number of rotatable bonds is 5. The summed E-state index contributed by atoms with van der Waals surface area (Å²) in [6, 6.07) is 0. The summed E-state index contributed by atoms with van der Waals surface area (Å²) in [7, 11) is 0. The summed E-state index contributed by atoms with van der Waals surface area (Å²) in [6.45, 7) is 6.82. The fraction of sp³-hybridized carbons (Fsp3) is 0.714. The number of aromatic nitrogens is 1. The van der Waals surface area contributed by atoms with Crippen LogP contribution in [0.5, 0.6) is 0 Å². The van der Waals surface area contributed by atoms with E-state index in [4.69, 9.17) is 5.73 Å². The third kappa shape index (κ3) is 3.42. The molecule has 1 aliphatic rings. The van der Waals surface area contributed by atoms with E-state index in [1.165, 1.54) is 17.8 Å². The number of piperidine rings is 1. The summed E-state index contributed by atoms with van der Waals surface area (Å²) in [5, 5.41) is 3.94. The van der Waals surface area contributed by atoms with Gasteiger partial charge in [0.05, 0.1) is 0 Å². The molecule has 5 nitrogen and oxygen atoms in total. The number of carbonyl (C=O) groups excluding carboxylic acids is 1. The Kier molecular flexibility index (Phi) is 5.23. The van der Waals surface area contributed by atoms with Crippen LogP contribution in [-0.2, 0) is 0 Å². The lowest BCUT2D eigenvalue weighted by molar-refractivity contribution is 0.0677. The van der Waals surface area contributed by atoms with Crippen molar-refractivity contribution in [3.05, 3.63) is 4.88 Å². The molecule has 0 aromatic carbocycles. The van der Waals surface area contributed by atoms with E-state index >= 15 is 0 Å². The molecule has 3 N–H and O–H groups in total. The third-order valence-electron chi connectivity index (χ3n) is 3.76. The summed E-state index contributed by atoms with van der Waals surface area (Å²) in [4.78, 5) is 19.3. The van der Waals surface area contributed by atoms with Crippen molar-refractivity contribution in [1.29, 1.82) is 0 Å². The Balaban J connectivity index is 2.06. The molecule has 20 heavy (non-hydrogen) atoms. The number of thiazole rings is 1. The average Bonchev–Trinajstić information content (AvgIpc) is 2.85. The van der Waals surface area contributed by atoms with E-state index in [2.05, 4.69) is 24.1 Å². The number of amides is 1. The van der Waals surface area contributed by atoms with E-state index in [0.29, 0.717) is 16.6 Å². The molecule has 0 radical (unpaired) electrons. The van der Waals surface area contributed by atoms with Gasteiger partial charge in [-0.25, -0.2) is 4.98 Å². The Bertz CT molecular complexity index is 460. The normalized spacial score (nSPS) is 19.1. The number of hydrogen-bond acceptors (Lipinski definition) is 5.